The predicted molar refractivity (Wildman–Crippen MR) is 88.6 cm³/mol. The first kappa shape index (κ1) is 16.9. The first-order valence-corrected chi connectivity index (χ1v) is 9.48. The third kappa shape index (κ3) is 3.44. The zero-order valence-corrected chi connectivity index (χ0v) is 14.4. The predicted octanol–water partition coefficient (Wildman–Crippen LogP) is 2.60. The van der Waals surface area contributed by atoms with Gasteiger partial charge >= 0.3 is 0 Å². The van der Waals surface area contributed by atoms with Crippen molar-refractivity contribution in [2.24, 2.45) is 0 Å². The lowest BCUT2D eigenvalue weighted by molar-refractivity contribution is 0.102. The maximum Gasteiger partial charge on any atom is 0.258 e. The van der Waals surface area contributed by atoms with Crippen LogP contribution in [0.5, 0.6) is 0 Å². The summed E-state index contributed by atoms with van der Waals surface area (Å²) in [4.78, 5) is 12.4. The molecule has 1 aliphatic rings. The number of amides is 1. The first-order chi connectivity index (χ1) is 11.2. The van der Waals surface area contributed by atoms with E-state index < -0.39 is 21.6 Å². The standard InChI is InChI=1S/C15H15ClFN3O3S/c1-9-6-14(20(19-9)11-4-5-24(22,23)8-11)18-15(21)12-3-2-10(17)7-13(12)16/h2-3,6-7,11H,4-5,8H2,1H3,(H,18,21). The van der Waals surface area contributed by atoms with Gasteiger partial charge in [-0.2, -0.15) is 5.10 Å². The van der Waals surface area contributed by atoms with Crippen LogP contribution in [-0.4, -0.2) is 35.6 Å². The van der Waals surface area contributed by atoms with Gasteiger partial charge in [0.15, 0.2) is 9.84 Å². The summed E-state index contributed by atoms with van der Waals surface area (Å²) in [6, 6.07) is 4.83. The van der Waals surface area contributed by atoms with Crippen LogP contribution in [0.4, 0.5) is 10.2 Å². The largest absolute Gasteiger partial charge is 0.307 e. The number of hydrogen-bond acceptors (Lipinski definition) is 4. The van der Waals surface area contributed by atoms with Gasteiger partial charge in [0.05, 0.1) is 33.8 Å². The van der Waals surface area contributed by atoms with Crippen molar-refractivity contribution in [1.82, 2.24) is 9.78 Å². The quantitative estimate of drug-likeness (QED) is 0.899. The Labute approximate surface area is 143 Å². The van der Waals surface area contributed by atoms with Crippen LogP contribution in [0.2, 0.25) is 5.02 Å². The molecular formula is C15H15ClFN3O3S. The van der Waals surface area contributed by atoms with Gasteiger partial charge in [-0.15, -0.1) is 0 Å². The summed E-state index contributed by atoms with van der Waals surface area (Å²) in [5.41, 5.74) is 0.780. The van der Waals surface area contributed by atoms with Gasteiger partial charge in [-0.25, -0.2) is 17.5 Å². The Hall–Kier alpha value is -1.93. The van der Waals surface area contributed by atoms with Gasteiger partial charge < -0.3 is 5.32 Å². The van der Waals surface area contributed by atoms with Gasteiger partial charge in [-0.1, -0.05) is 11.6 Å². The molecule has 1 amide bonds. The highest BCUT2D eigenvalue weighted by atomic mass is 35.5. The number of nitrogens with one attached hydrogen (secondary N) is 1. The number of aryl methyl sites for hydroxylation is 1. The van der Waals surface area contributed by atoms with Crippen molar-refractivity contribution in [3.63, 3.8) is 0 Å². The molecule has 1 fully saturated rings. The van der Waals surface area contributed by atoms with Crippen LogP contribution in [0.25, 0.3) is 0 Å². The van der Waals surface area contributed by atoms with Crippen LogP contribution < -0.4 is 5.32 Å². The van der Waals surface area contributed by atoms with Crippen molar-refractivity contribution in [3.05, 3.63) is 46.4 Å². The van der Waals surface area contributed by atoms with Crippen molar-refractivity contribution in [1.29, 1.82) is 0 Å². The molecule has 128 valence electrons. The van der Waals surface area contributed by atoms with Crippen molar-refractivity contribution >= 4 is 33.2 Å². The number of carbonyl (C=O) groups is 1. The molecule has 1 N–H and O–H groups in total. The lowest BCUT2D eigenvalue weighted by Crippen LogP contribution is -2.19. The van der Waals surface area contributed by atoms with E-state index >= 15 is 0 Å². The molecule has 0 aliphatic carbocycles. The Morgan fingerprint density at radius 2 is 2.17 bits per heavy atom. The molecule has 9 heteroatoms. The topological polar surface area (TPSA) is 81.1 Å². The van der Waals surface area contributed by atoms with Gasteiger partial charge in [-0.3, -0.25) is 4.79 Å². The van der Waals surface area contributed by atoms with Gasteiger partial charge in [-0.05, 0) is 31.5 Å². The van der Waals surface area contributed by atoms with E-state index in [4.69, 9.17) is 11.6 Å². The summed E-state index contributed by atoms with van der Waals surface area (Å²) < 4.78 is 38.0. The normalized spacial score (nSPS) is 19.4. The first-order valence-electron chi connectivity index (χ1n) is 7.28. The number of sulfone groups is 1. The van der Waals surface area contributed by atoms with E-state index in [1.54, 1.807) is 13.0 Å². The fraction of sp³-hybridized carbons (Fsp3) is 0.333. The van der Waals surface area contributed by atoms with Gasteiger partial charge in [0.25, 0.3) is 5.91 Å². The van der Waals surface area contributed by atoms with Crippen LogP contribution in [0.1, 0.15) is 28.5 Å². The van der Waals surface area contributed by atoms with Crippen molar-refractivity contribution in [3.8, 4) is 0 Å². The Kier molecular flexibility index (Phi) is 4.35. The SMILES string of the molecule is Cc1cc(NC(=O)c2ccc(F)cc2Cl)n(C2CCS(=O)(=O)C2)n1. The Morgan fingerprint density at radius 1 is 1.42 bits per heavy atom. The number of nitrogens with zero attached hydrogens (tertiary/aromatic N) is 2. The Bertz CT molecular complexity index is 911. The average molecular weight is 372 g/mol. The van der Waals surface area contributed by atoms with Crippen LogP contribution in [0, 0.1) is 12.7 Å². The maximum absolute atomic E-state index is 13.1. The van der Waals surface area contributed by atoms with E-state index in [1.165, 1.54) is 10.7 Å². The summed E-state index contributed by atoms with van der Waals surface area (Å²) in [6.07, 6.45) is 0.448. The lowest BCUT2D eigenvalue weighted by Gasteiger charge is -2.14. The van der Waals surface area contributed by atoms with Gasteiger partial charge in [0.1, 0.15) is 11.6 Å². The molecule has 0 spiro atoms. The highest BCUT2D eigenvalue weighted by molar-refractivity contribution is 7.91. The third-order valence-corrected chi connectivity index (χ3v) is 5.89. The van der Waals surface area contributed by atoms with Gasteiger partial charge in [0, 0.05) is 6.07 Å². The van der Waals surface area contributed by atoms with E-state index in [0.29, 0.717) is 17.9 Å². The molecule has 2 heterocycles. The number of benzene rings is 1. The van der Waals surface area contributed by atoms with E-state index in [1.807, 2.05) is 0 Å². The zero-order valence-electron chi connectivity index (χ0n) is 12.8. The molecule has 6 nitrogen and oxygen atoms in total. The van der Waals surface area contributed by atoms with E-state index in [2.05, 4.69) is 10.4 Å². The van der Waals surface area contributed by atoms with Crippen LogP contribution in [0.15, 0.2) is 24.3 Å². The maximum atomic E-state index is 13.1. The molecular weight excluding hydrogens is 357 g/mol. The van der Waals surface area contributed by atoms with Crippen LogP contribution in [0.3, 0.4) is 0 Å². The minimum absolute atomic E-state index is 0.00117. The molecule has 1 aromatic heterocycles. The fourth-order valence-electron chi connectivity index (χ4n) is 2.71. The number of halogens is 2. The van der Waals surface area contributed by atoms with E-state index in [9.17, 15) is 17.6 Å². The van der Waals surface area contributed by atoms with Gasteiger partial charge in [0.2, 0.25) is 0 Å². The number of anilines is 1. The van der Waals surface area contributed by atoms with E-state index in [0.717, 1.165) is 12.1 Å². The second-order valence-corrected chi connectivity index (χ2v) is 8.39. The number of aromatic nitrogens is 2. The molecule has 1 saturated heterocycles. The van der Waals surface area contributed by atoms with Crippen molar-refractivity contribution in [2.75, 3.05) is 16.8 Å². The van der Waals surface area contributed by atoms with E-state index in [-0.39, 0.29) is 28.1 Å². The fourth-order valence-corrected chi connectivity index (χ4v) is 4.66. The molecule has 1 aromatic carbocycles. The average Bonchev–Trinajstić information content (AvgIpc) is 3.01. The molecule has 1 atom stereocenters. The highest BCUT2D eigenvalue weighted by Crippen LogP contribution is 2.28. The van der Waals surface area contributed by atoms with Crippen LogP contribution >= 0.6 is 11.6 Å². The molecule has 0 saturated carbocycles. The molecule has 3 rings (SSSR count). The zero-order chi connectivity index (χ0) is 17.5. The lowest BCUT2D eigenvalue weighted by atomic mass is 10.2. The summed E-state index contributed by atoms with van der Waals surface area (Å²) in [5, 5.41) is 6.96. The Morgan fingerprint density at radius 3 is 2.79 bits per heavy atom. The summed E-state index contributed by atoms with van der Waals surface area (Å²) in [7, 11) is -3.08. The molecule has 0 bridgehead atoms. The molecule has 24 heavy (non-hydrogen) atoms. The Balaban J connectivity index is 1.87. The highest BCUT2D eigenvalue weighted by Gasteiger charge is 2.31. The summed E-state index contributed by atoms with van der Waals surface area (Å²) in [5.74, 6) is -0.558. The molecule has 0 radical (unpaired) electrons. The molecule has 2 aromatic rings. The summed E-state index contributed by atoms with van der Waals surface area (Å²) >= 11 is 5.90. The monoisotopic (exact) mass is 371 g/mol. The molecule has 1 aliphatic heterocycles. The van der Waals surface area contributed by atoms with Crippen molar-refractivity contribution < 1.29 is 17.6 Å². The van der Waals surface area contributed by atoms with Crippen molar-refractivity contribution in [2.45, 2.75) is 19.4 Å². The van der Waals surface area contributed by atoms with Crippen LogP contribution in [-0.2, 0) is 9.84 Å². The third-order valence-electron chi connectivity index (χ3n) is 3.83. The second kappa shape index (κ2) is 6.18. The number of hydrogen-bond donors (Lipinski definition) is 1. The minimum Gasteiger partial charge on any atom is -0.307 e. The smallest absolute Gasteiger partial charge is 0.258 e. The minimum atomic E-state index is -3.08. The number of carbonyl (C=O) groups excluding carboxylic acids is 1. The summed E-state index contributed by atoms with van der Waals surface area (Å²) in [6.45, 7) is 1.75. The second-order valence-electron chi connectivity index (χ2n) is 5.75. The number of rotatable bonds is 3. The molecule has 1 unspecified atom stereocenters.